The second kappa shape index (κ2) is 4.40. The fraction of sp³-hybridized carbons (Fsp3) is 1.00. The third-order valence-electron chi connectivity index (χ3n) is 3.03. The minimum atomic E-state index is 0.289. The van der Waals surface area contributed by atoms with Crippen LogP contribution in [0.2, 0.25) is 0 Å². The smallest absolute Gasteiger partial charge is 0.0274 e. The SMILES string of the molecule is CN(C)C(C)(C)CN1CCNCC1. The van der Waals surface area contributed by atoms with Gasteiger partial charge in [0.25, 0.3) is 0 Å². The molecular formula is C10H23N3. The normalized spacial score (nSPS) is 21.0. The van der Waals surface area contributed by atoms with Crippen LogP contribution in [0.25, 0.3) is 0 Å². The van der Waals surface area contributed by atoms with Gasteiger partial charge >= 0.3 is 0 Å². The lowest BCUT2D eigenvalue weighted by Gasteiger charge is -2.39. The molecule has 0 unspecified atom stereocenters. The van der Waals surface area contributed by atoms with Crippen molar-refractivity contribution in [2.45, 2.75) is 19.4 Å². The monoisotopic (exact) mass is 185 g/mol. The lowest BCUT2D eigenvalue weighted by molar-refractivity contribution is 0.110. The molecule has 0 bridgehead atoms. The molecule has 0 amide bonds. The number of piperazine rings is 1. The average Bonchev–Trinajstić information content (AvgIpc) is 2.05. The van der Waals surface area contributed by atoms with E-state index in [0.717, 1.165) is 13.1 Å². The van der Waals surface area contributed by atoms with Crippen LogP contribution in [0.4, 0.5) is 0 Å². The predicted octanol–water partition coefficient (Wildman–Crippen LogP) is 0.232. The molecule has 0 aromatic carbocycles. The van der Waals surface area contributed by atoms with E-state index in [4.69, 9.17) is 0 Å². The first-order valence-electron chi connectivity index (χ1n) is 5.13. The molecule has 1 heterocycles. The van der Waals surface area contributed by atoms with Crippen LogP contribution < -0.4 is 5.32 Å². The van der Waals surface area contributed by atoms with Gasteiger partial charge in [-0.1, -0.05) is 0 Å². The number of hydrogen-bond donors (Lipinski definition) is 1. The van der Waals surface area contributed by atoms with Gasteiger partial charge in [-0.25, -0.2) is 0 Å². The van der Waals surface area contributed by atoms with Crippen molar-refractivity contribution in [3.8, 4) is 0 Å². The lowest BCUT2D eigenvalue weighted by atomic mass is 10.0. The molecule has 0 aromatic heterocycles. The molecule has 0 aromatic rings. The summed E-state index contributed by atoms with van der Waals surface area (Å²) in [6.07, 6.45) is 0. The van der Waals surface area contributed by atoms with Crippen LogP contribution in [0.15, 0.2) is 0 Å². The summed E-state index contributed by atoms with van der Waals surface area (Å²) in [5, 5.41) is 3.37. The van der Waals surface area contributed by atoms with Crippen molar-refractivity contribution in [2.75, 3.05) is 46.8 Å². The van der Waals surface area contributed by atoms with Crippen LogP contribution in [0.1, 0.15) is 13.8 Å². The Morgan fingerprint density at radius 1 is 1.23 bits per heavy atom. The van der Waals surface area contributed by atoms with Gasteiger partial charge < -0.3 is 10.2 Å². The molecule has 13 heavy (non-hydrogen) atoms. The van der Waals surface area contributed by atoms with Crippen LogP contribution in [0.3, 0.4) is 0 Å². The Hall–Kier alpha value is -0.120. The molecule has 0 spiro atoms. The Morgan fingerprint density at radius 3 is 2.23 bits per heavy atom. The second-order valence-corrected chi connectivity index (χ2v) is 4.73. The highest BCUT2D eigenvalue weighted by Gasteiger charge is 2.24. The van der Waals surface area contributed by atoms with Crippen LogP contribution in [-0.4, -0.2) is 62.2 Å². The van der Waals surface area contributed by atoms with Crippen molar-refractivity contribution in [1.29, 1.82) is 0 Å². The number of nitrogens with one attached hydrogen (secondary N) is 1. The Labute approximate surface area is 82.1 Å². The molecule has 0 radical (unpaired) electrons. The van der Waals surface area contributed by atoms with Crippen molar-refractivity contribution in [1.82, 2.24) is 15.1 Å². The third kappa shape index (κ3) is 3.25. The largest absolute Gasteiger partial charge is 0.314 e. The minimum Gasteiger partial charge on any atom is -0.314 e. The average molecular weight is 185 g/mol. The number of rotatable bonds is 3. The summed E-state index contributed by atoms with van der Waals surface area (Å²) in [5.74, 6) is 0. The van der Waals surface area contributed by atoms with Crippen molar-refractivity contribution in [2.24, 2.45) is 0 Å². The minimum absolute atomic E-state index is 0.289. The van der Waals surface area contributed by atoms with E-state index in [1.54, 1.807) is 0 Å². The second-order valence-electron chi connectivity index (χ2n) is 4.73. The molecule has 1 aliphatic heterocycles. The topological polar surface area (TPSA) is 18.5 Å². The van der Waals surface area contributed by atoms with E-state index in [-0.39, 0.29) is 5.54 Å². The third-order valence-corrected chi connectivity index (χ3v) is 3.03. The van der Waals surface area contributed by atoms with Crippen LogP contribution in [-0.2, 0) is 0 Å². The van der Waals surface area contributed by atoms with Gasteiger partial charge in [-0.05, 0) is 27.9 Å². The van der Waals surface area contributed by atoms with Crippen molar-refractivity contribution >= 4 is 0 Å². The van der Waals surface area contributed by atoms with Gasteiger partial charge in [0, 0.05) is 38.3 Å². The van der Waals surface area contributed by atoms with Gasteiger partial charge in [-0.3, -0.25) is 4.90 Å². The highest BCUT2D eigenvalue weighted by atomic mass is 15.2. The van der Waals surface area contributed by atoms with E-state index in [0.29, 0.717) is 0 Å². The van der Waals surface area contributed by atoms with Crippen molar-refractivity contribution in [3.05, 3.63) is 0 Å². The van der Waals surface area contributed by atoms with Gasteiger partial charge in [-0.2, -0.15) is 0 Å². The molecule has 0 saturated carbocycles. The zero-order valence-corrected chi connectivity index (χ0v) is 9.43. The quantitative estimate of drug-likeness (QED) is 0.679. The maximum Gasteiger partial charge on any atom is 0.0274 e. The summed E-state index contributed by atoms with van der Waals surface area (Å²) in [7, 11) is 4.31. The van der Waals surface area contributed by atoms with E-state index in [1.807, 2.05) is 0 Å². The summed E-state index contributed by atoms with van der Waals surface area (Å²) in [5.41, 5.74) is 0.289. The fourth-order valence-corrected chi connectivity index (χ4v) is 1.56. The standard InChI is InChI=1S/C10H23N3/c1-10(2,12(3)4)9-13-7-5-11-6-8-13/h11H,5-9H2,1-4H3. The van der Waals surface area contributed by atoms with Gasteiger partial charge in [0.15, 0.2) is 0 Å². The molecule has 0 atom stereocenters. The molecular weight excluding hydrogens is 162 g/mol. The van der Waals surface area contributed by atoms with Crippen molar-refractivity contribution in [3.63, 3.8) is 0 Å². The molecule has 1 N–H and O–H groups in total. The Kier molecular flexibility index (Phi) is 3.71. The zero-order chi connectivity index (χ0) is 9.90. The highest BCUT2D eigenvalue weighted by Crippen LogP contribution is 2.12. The Bertz CT molecular complexity index is 148. The van der Waals surface area contributed by atoms with Gasteiger partial charge in [-0.15, -0.1) is 0 Å². The highest BCUT2D eigenvalue weighted by molar-refractivity contribution is 4.83. The Balaban J connectivity index is 2.37. The first-order valence-corrected chi connectivity index (χ1v) is 5.13. The fourth-order valence-electron chi connectivity index (χ4n) is 1.56. The summed E-state index contributed by atoms with van der Waals surface area (Å²) in [6, 6.07) is 0. The summed E-state index contributed by atoms with van der Waals surface area (Å²) in [4.78, 5) is 4.84. The first kappa shape index (κ1) is 11.0. The molecule has 3 nitrogen and oxygen atoms in total. The van der Waals surface area contributed by atoms with Crippen LogP contribution >= 0.6 is 0 Å². The summed E-state index contributed by atoms with van der Waals surface area (Å²) in [6.45, 7) is 10.4. The van der Waals surface area contributed by atoms with E-state index < -0.39 is 0 Å². The Morgan fingerprint density at radius 2 is 1.77 bits per heavy atom. The van der Waals surface area contributed by atoms with E-state index in [2.05, 4.69) is 43.1 Å². The first-order chi connectivity index (χ1) is 6.02. The van der Waals surface area contributed by atoms with E-state index >= 15 is 0 Å². The molecule has 1 rings (SSSR count). The number of hydrogen-bond acceptors (Lipinski definition) is 3. The molecule has 78 valence electrons. The molecule has 3 heteroatoms. The lowest BCUT2D eigenvalue weighted by Crippen LogP contribution is -2.53. The molecule has 1 fully saturated rings. The number of likely N-dealkylation sites (N-methyl/N-ethyl adjacent to an activating group) is 1. The molecule has 0 aliphatic carbocycles. The van der Waals surface area contributed by atoms with E-state index in [1.165, 1.54) is 19.6 Å². The molecule has 1 aliphatic rings. The van der Waals surface area contributed by atoms with Gasteiger partial charge in [0.05, 0.1) is 0 Å². The van der Waals surface area contributed by atoms with E-state index in [9.17, 15) is 0 Å². The van der Waals surface area contributed by atoms with Crippen LogP contribution in [0, 0.1) is 0 Å². The maximum atomic E-state index is 3.37. The zero-order valence-electron chi connectivity index (χ0n) is 9.43. The van der Waals surface area contributed by atoms with Crippen molar-refractivity contribution < 1.29 is 0 Å². The maximum absolute atomic E-state index is 3.37. The molecule has 1 saturated heterocycles. The summed E-state index contributed by atoms with van der Waals surface area (Å²) >= 11 is 0. The number of nitrogens with zero attached hydrogens (tertiary/aromatic N) is 2. The van der Waals surface area contributed by atoms with Crippen LogP contribution in [0.5, 0.6) is 0 Å². The van der Waals surface area contributed by atoms with Gasteiger partial charge in [0.1, 0.15) is 0 Å². The van der Waals surface area contributed by atoms with Gasteiger partial charge in [0.2, 0.25) is 0 Å². The summed E-state index contributed by atoms with van der Waals surface area (Å²) < 4.78 is 0. The predicted molar refractivity (Wildman–Crippen MR) is 57.1 cm³/mol.